The lowest BCUT2D eigenvalue weighted by Gasteiger charge is -2.16. The van der Waals surface area contributed by atoms with Crippen LogP contribution in [0, 0.1) is 0 Å². The summed E-state index contributed by atoms with van der Waals surface area (Å²) in [5, 5.41) is 4.19. The SMILES string of the molecule is CCOc1cc(CNCCc2ccccc2OC)cc(Br)c1OCc1cccc(Cl)c1. The first-order valence-corrected chi connectivity index (χ1v) is 11.4. The largest absolute Gasteiger partial charge is 0.496 e. The van der Waals surface area contributed by atoms with Crippen molar-refractivity contribution in [3.05, 3.63) is 86.8 Å². The van der Waals surface area contributed by atoms with Gasteiger partial charge in [0.1, 0.15) is 12.4 Å². The van der Waals surface area contributed by atoms with E-state index in [1.165, 1.54) is 5.56 Å². The van der Waals surface area contributed by atoms with Gasteiger partial charge >= 0.3 is 0 Å². The fourth-order valence-electron chi connectivity index (χ4n) is 3.27. The van der Waals surface area contributed by atoms with Crippen molar-refractivity contribution < 1.29 is 14.2 Å². The third kappa shape index (κ3) is 6.89. The van der Waals surface area contributed by atoms with Crippen molar-refractivity contribution >= 4 is 27.5 Å². The van der Waals surface area contributed by atoms with Gasteiger partial charge in [0.05, 0.1) is 18.2 Å². The number of benzene rings is 3. The maximum atomic E-state index is 6.07. The Morgan fingerprint density at radius 1 is 0.935 bits per heavy atom. The normalized spacial score (nSPS) is 10.7. The van der Waals surface area contributed by atoms with Crippen LogP contribution in [-0.4, -0.2) is 20.3 Å². The number of methoxy groups -OCH3 is 1. The van der Waals surface area contributed by atoms with E-state index in [0.717, 1.165) is 46.6 Å². The average Bonchev–Trinajstić information content (AvgIpc) is 2.76. The maximum Gasteiger partial charge on any atom is 0.175 e. The highest BCUT2D eigenvalue weighted by atomic mass is 79.9. The summed E-state index contributed by atoms with van der Waals surface area (Å²) >= 11 is 9.72. The summed E-state index contributed by atoms with van der Waals surface area (Å²) < 4.78 is 18.2. The molecule has 0 amide bonds. The Kier molecular flexibility index (Phi) is 9.07. The van der Waals surface area contributed by atoms with Gasteiger partial charge in [-0.25, -0.2) is 0 Å². The summed E-state index contributed by atoms with van der Waals surface area (Å²) in [5.41, 5.74) is 3.31. The zero-order valence-electron chi connectivity index (χ0n) is 17.8. The Bertz CT molecular complexity index is 996. The Labute approximate surface area is 197 Å². The minimum Gasteiger partial charge on any atom is -0.496 e. The number of para-hydroxylation sites is 1. The lowest BCUT2D eigenvalue weighted by molar-refractivity contribution is 0.267. The summed E-state index contributed by atoms with van der Waals surface area (Å²) in [5.74, 6) is 2.34. The van der Waals surface area contributed by atoms with Crippen LogP contribution in [0.25, 0.3) is 0 Å². The molecule has 0 heterocycles. The number of halogens is 2. The first kappa shape index (κ1) is 23.5. The van der Waals surface area contributed by atoms with Crippen LogP contribution in [0.5, 0.6) is 17.2 Å². The Morgan fingerprint density at radius 2 is 1.77 bits per heavy atom. The predicted molar refractivity (Wildman–Crippen MR) is 129 cm³/mol. The minimum absolute atomic E-state index is 0.412. The van der Waals surface area contributed by atoms with Gasteiger partial charge < -0.3 is 19.5 Å². The molecule has 0 aliphatic rings. The predicted octanol–water partition coefficient (Wildman–Crippen LogP) is 6.42. The number of ether oxygens (including phenoxy) is 3. The lowest BCUT2D eigenvalue weighted by atomic mass is 10.1. The zero-order chi connectivity index (χ0) is 22.1. The molecule has 1 N–H and O–H groups in total. The van der Waals surface area contributed by atoms with E-state index in [1.54, 1.807) is 7.11 Å². The van der Waals surface area contributed by atoms with Crippen LogP contribution in [-0.2, 0) is 19.6 Å². The molecule has 0 radical (unpaired) electrons. The molecule has 0 aliphatic heterocycles. The van der Waals surface area contributed by atoms with Gasteiger partial charge in [-0.15, -0.1) is 0 Å². The summed E-state index contributed by atoms with van der Waals surface area (Å²) in [6.45, 7) is 4.50. The first-order valence-electron chi connectivity index (χ1n) is 10.3. The van der Waals surface area contributed by atoms with Crippen molar-refractivity contribution in [3.8, 4) is 17.2 Å². The second kappa shape index (κ2) is 12.0. The zero-order valence-corrected chi connectivity index (χ0v) is 20.1. The van der Waals surface area contributed by atoms with Crippen molar-refractivity contribution in [2.45, 2.75) is 26.5 Å². The van der Waals surface area contributed by atoms with E-state index < -0.39 is 0 Å². The molecule has 0 unspecified atom stereocenters. The molecule has 0 spiro atoms. The second-order valence-electron chi connectivity index (χ2n) is 7.00. The highest BCUT2D eigenvalue weighted by Gasteiger charge is 2.13. The number of nitrogens with one attached hydrogen (secondary N) is 1. The molecule has 0 saturated carbocycles. The van der Waals surface area contributed by atoms with Crippen molar-refractivity contribution in [3.63, 3.8) is 0 Å². The van der Waals surface area contributed by atoms with Gasteiger partial charge in [-0.05, 0) is 82.8 Å². The Hall–Kier alpha value is -2.21. The van der Waals surface area contributed by atoms with E-state index in [0.29, 0.717) is 24.0 Å². The Balaban J connectivity index is 1.62. The van der Waals surface area contributed by atoms with Crippen LogP contribution in [0.4, 0.5) is 0 Å². The van der Waals surface area contributed by atoms with E-state index in [9.17, 15) is 0 Å². The molecule has 164 valence electrons. The van der Waals surface area contributed by atoms with Crippen LogP contribution >= 0.6 is 27.5 Å². The van der Waals surface area contributed by atoms with Gasteiger partial charge in [-0.3, -0.25) is 0 Å². The standard InChI is InChI=1S/C25H27BrClNO3/c1-3-30-24-15-19(16-28-12-11-20-8-4-5-10-23(20)29-2)14-22(26)25(24)31-17-18-7-6-9-21(27)13-18/h4-10,13-15,28H,3,11-12,16-17H2,1-2H3. The molecule has 0 aromatic heterocycles. The third-order valence-electron chi connectivity index (χ3n) is 4.73. The van der Waals surface area contributed by atoms with Crippen molar-refractivity contribution in [1.29, 1.82) is 0 Å². The molecule has 3 rings (SSSR count). The molecule has 31 heavy (non-hydrogen) atoms. The van der Waals surface area contributed by atoms with E-state index in [-0.39, 0.29) is 0 Å². The Morgan fingerprint density at radius 3 is 2.55 bits per heavy atom. The van der Waals surface area contributed by atoms with E-state index in [2.05, 4.69) is 33.4 Å². The minimum atomic E-state index is 0.412. The van der Waals surface area contributed by atoms with Crippen LogP contribution in [0.1, 0.15) is 23.6 Å². The van der Waals surface area contributed by atoms with Gasteiger partial charge in [-0.2, -0.15) is 0 Å². The third-order valence-corrected chi connectivity index (χ3v) is 5.56. The van der Waals surface area contributed by atoms with E-state index in [1.807, 2.05) is 55.5 Å². The summed E-state index contributed by atoms with van der Waals surface area (Å²) in [4.78, 5) is 0. The van der Waals surface area contributed by atoms with Gasteiger partial charge in [0.25, 0.3) is 0 Å². The van der Waals surface area contributed by atoms with Crippen LogP contribution < -0.4 is 19.5 Å². The summed E-state index contributed by atoms with van der Waals surface area (Å²) in [6, 6.07) is 19.8. The lowest BCUT2D eigenvalue weighted by Crippen LogP contribution is -2.17. The number of rotatable bonds is 11. The summed E-state index contributed by atoms with van der Waals surface area (Å²) in [7, 11) is 1.70. The van der Waals surface area contributed by atoms with Gasteiger partial charge in [0, 0.05) is 11.6 Å². The average molecular weight is 505 g/mol. The molecule has 4 nitrogen and oxygen atoms in total. The van der Waals surface area contributed by atoms with Gasteiger partial charge in [0.15, 0.2) is 11.5 Å². The van der Waals surface area contributed by atoms with E-state index >= 15 is 0 Å². The maximum absolute atomic E-state index is 6.07. The molecule has 0 aliphatic carbocycles. The monoisotopic (exact) mass is 503 g/mol. The molecule has 3 aromatic rings. The highest BCUT2D eigenvalue weighted by molar-refractivity contribution is 9.10. The van der Waals surface area contributed by atoms with Crippen LogP contribution in [0.3, 0.4) is 0 Å². The smallest absolute Gasteiger partial charge is 0.175 e. The molecule has 0 saturated heterocycles. The van der Waals surface area contributed by atoms with Gasteiger partial charge in [-0.1, -0.05) is 41.9 Å². The van der Waals surface area contributed by atoms with Crippen LogP contribution in [0.2, 0.25) is 5.02 Å². The molecule has 0 bridgehead atoms. The first-order chi connectivity index (χ1) is 15.1. The van der Waals surface area contributed by atoms with Crippen LogP contribution in [0.15, 0.2) is 65.1 Å². The molecular weight excluding hydrogens is 478 g/mol. The highest BCUT2D eigenvalue weighted by Crippen LogP contribution is 2.37. The van der Waals surface area contributed by atoms with Crippen molar-refractivity contribution in [1.82, 2.24) is 5.32 Å². The van der Waals surface area contributed by atoms with Gasteiger partial charge in [0.2, 0.25) is 0 Å². The topological polar surface area (TPSA) is 39.7 Å². The quantitative estimate of drug-likeness (QED) is 0.306. The fourth-order valence-corrected chi connectivity index (χ4v) is 4.09. The number of hydrogen-bond acceptors (Lipinski definition) is 4. The molecule has 0 atom stereocenters. The molecule has 0 fully saturated rings. The second-order valence-corrected chi connectivity index (χ2v) is 8.29. The van der Waals surface area contributed by atoms with Crippen molar-refractivity contribution in [2.75, 3.05) is 20.3 Å². The summed E-state index contributed by atoms with van der Waals surface area (Å²) in [6.07, 6.45) is 0.893. The van der Waals surface area contributed by atoms with Crippen molar-refractivity contribution in [2.24, 2.45) is 0 Å². The molecular formula is C25H27BrClNO3. The van der Waals surface area contributed by atoms with E-state index in [4.69, 9.17) is 25.8 Å². The molecule has 6 heteroatoms. The number of hydrogen-bond donors (Lipinski definition) is 1. The molecule has 3 aromatic carbocycles. The fraction of sp³-hybridized carbons (Fsp3) is 0.280.